The Hall–Kier alpha value is -1.12. The number of carbonyl (C=O) groups excluding carboxylic acids is 1. The number of nitrogens with zero attached hydrogens (tertiary/aromatic N) is 2. The van der Waals surface area contributed by atoms with Crippen LogP contribution in [0.2, 0.25) is 0 Å². The van der Waals surface area contributed by atoms with Crippen LogP contribution in [-0.4, -0.2) is 15.6 Å². The monoisotopic (exact) mass is 248 g/mol. The van der Waals surface area contributed by atoms with Crippen molar-refractivity contribution in [1.82, 2.24) is 9.78 Å². The summed E-state index contributed by atoms with van der Waals surface area (Å²) in [6.45, 7) is 6.30. The molecule has 1 aromatic heterocycles. The molecule has 3 heteroatoms. The van der Waals surface area contributed by atoms with E-state index in [1.807, 2.05) is 25.6 Å². The van der Waals surface area contributed by atoms with E-state index in [0.717, 1.165) is 32.1 Å². The van der Waals surface area contributed by atoms with E-state index in [-0.39, 0.29) is 5.41 Å². The second-order valence-electron chi connectivity index (χ2n) is 5.57. The van der Waals surface area contributed by atoms with Gasteiger partial charge in [0, 0.05) is 31.5 Å². The molecule has 1 heterocycles. The zero-order chi connectivity index (χ0) is 13.3. The number of hydrogen-bond acceptors (Lipinski definition) is 2. The first-order valence-electron chi connectivity index (χ1n) is 7.14. The summed E-state index contributed by atoms with van der Waals surface area (Å²) in [5.74, 6) is 0.970. The number of aryl methyl sites for hydroxylation is 2. The van der Waals surface area contributed by atoms with E-state index in [4.69, 9.17) is 0 Å². The lowest BCUT2D eigenvalue weighted by molar-refractivity contribution is -0.123. The summed E-state index contributed by atoms with van der Waals surface area (Å²) < 4.78 is 1.93. The Labute approximate surface area is 110 Å². The number of Topliss-reactive ketones (excluding diaryl/α,β-unsaturated/α-hetero) is 1. The van der Waals surface area contributed by atoms with Crippen molar-refractivity contribution in [3.8, 4) is 0 Å². The van der Waals surface area contributed by atoms with Crippen LogP contribution in [0.1, 0.15) is 57.7 Å². The van der Waals surface area contributed by atoms with Gasteiger partial charge in [0.1, 0.15) is 5.78 Å². The van der Waals surface area contributed by atoms with Crippen molar-refractivity contribution < 1.29 is 4.79 Å². The van der Waals surface area contributed by atoms with Gasteiger partial charge in [-0.25, -0.2) is 0 Å². The van der Waals surface area contributed by atoms with Gasteiger partial charge in [-0.1, -0.05) is 20.8 Å². The highest BCUT2D eigenvalue weighted by atomic mass is 16.1. The Morgan fingerprint density at radius 3 is 2.83 bits per heavy atom. The molecule has 0 aliphatic heterocycles. The van der Waals surface area contributed by atoms with E-state index >= 15 is 0 Å². The average molecular weight is 248 g/mol. The fourth-order valence-electron chi connectivity index (χ4n) is 3.47. The lowest BCUT2D eigenvalue weighted by Gasteiger charge is -2.43. The first-order chi connectivity index (χ1) is 8.59. The largest absolute Gasteiger partial charge is 0.300 e. The van der Waals surface area contributed by atoms with Crippen LogP contribution in [0, 0.1) is 5.92 Å². The van der Waals surface area contributed by atoms with Crippen LogP contribution in [0.15, 0.2) is 6.20 Å². The number of aromatic nitrogens is 2. The van der Waals surface area contributed by atoms with E-state index < -0.39 is 0 Å². The summed E-state index contributed by atoms with van der Waals surface area (Å²) >= 11 is 0. The van der Waals surface area contributed by atoms with Crippen LogP contribution in [0.5, 0.6) is 0 Å². The highest BCUT2D eigenvalue weighted by molar-refractivity contribution is 5.80. The summed E-state index contributed by atoms with van der Waals surface area (Å²) in [6.07, 6.45) is 6.89. The zero-order valence-electron chi connectivity index (χ0n) is 12.0. The Bertz CT molecular complexity index is 449. The molecule has 0 aromatic carbocycles. The number of ketones is 1. The third-order valence-electron chi connectivity index (χ3n) is 4.51. The van der Waals surface area contributed by atoms with Crippen LogP contribution < -0.4 is 0 Å². The molecule has 0 radical (unpaired) electrons. The van der Waals surface area contributed by atoms with Crippen LogP contribution >= 0.6 is 0 Å². The molecule has 0 spiro atoms. The van der Waals surface area contributed by atoms with E-state index in [1.54, 1.807) is 0 Å². The molecule has 0 N–H and O–H groups in total. The standard InChI is InChI=1S/C13H18N2O.C2H6/c1-13-6-5-11(16)7-10(13)4-3-9-8-15(2)14-12(9)13;1-2/h8,10H,3-7H2,1-2H3;1-2H3. The summed E-state index contributed by atoms with van der Waals surface area (Å²) in [5.41, 5.74) is 2.82. The maximum atomic E-state index is 11.6. The van der Waals surface area contributed by atoms with Gasteiger partial charge in [0.25, 0.3) is 0 Å². The van der Waals surface area contributed by atoms with Gasteiger partial charge in [-0.05, 0) is 30.7 Å². The molecule has 2 aliphatic carbocycles. The molecule has 3 nitrogen and oxygen atoms in total. The third kappa shape index (κ3) is 2.00. The molecular formula is C15H24N2O. The van der Waals surface area contributed by atoms with Crippen molar-refractivity contribution >= 4 is 5.78 Å². The Balaban J connectivity index is 0.000000574. The Morgan fingerprint density at radius 1 is 1.39 bits per heavy atom. The first-order valence-corrected chi connectivity index (χ1v) is 7.14. The number of rotatable bonds is 0. The van der Waals surface area contributed by atoms with Gasteiger partial charge in [0.15, 0.2) is 0 Å². The molecule has 2 aliphatic rings. The van der Waals surface area contributed by atoms with E-state index in [1.165, 1.54) is 11.3 Å². The molecule has 1 aromatic rings. The van der Waals surface area contributed by atoms with Crippen molar-refractivity contribution in [2.75, 3.05) is 0 Å². The molecule has 0 amide bonds. The quantitative estimate of drug-likeness (QED) is 0.707. The SMILES string of the molecule is CC.Cn1cc2c(n1)C1(C)CCC(=O)CC1CC2. The number of fused-ring (bicyclic) bond motifs is 3. The zero-order valence-corrected chi connectivity index (χ0v) is 12.0. The minimum Gasteiger partial charge on any atom is -0.300 e. The molecule has 100 valence electrons. The molecule has 0 bridgehead atoms. The number of carbonyl (C=O) groups is 1. The maximum Gasteiger partial charge on any atom is 0.133 e. The molecule has 2 atom stereocenters. The third-order valence-corrected chi connectivity index (χ3v) is 4.51. The van der Waals surface area contributed by atoms with Gasteiger partial charge in [0.05, 0.1) is 5.69 Å². The van der Waals surface area contributed by atoms with Gasteiger partial charge in [-0.2, -0.15) is 5.10 Å². The van der Waals surface area contributed by atoms with Crippen molar-refractivity contribution in [1.29, 1.82) is 0 Å². The molecule has 2 unspecified atom stereocenters. The second kappa shape index (κ2) is 4.87. The molecule has 3 rings (SSSR count). The molecule has 0 saturated heterocycles. The van der Waals surface area contributed by atoms with Crippen molar-refractivity contribution in [3.63, 3.8) is 0 Å². The van der Waals surface area contributed by atoms with Crippen LogP contribution in [0.3, 0.4) is 0 Å². The predicted octanol–water partition coefficient (Wildman–Crippen LogP) is 3.02. The predicted molar refractivity (Wildman–Crippen MR) is 72.6 cm³/mol. The molecule has 1 fully saturated rings. The van der Waals surface area contributed by atoms with Gasteiger partial charge in [0.2, 0.25) is 0 Å². The fraction of sp³-hybridized carbons (Fsp3) is 0.733. The highest BCUT2D eigenvalue weighted by Crippen LogP contribution is 2.48. The fourth-order valence-corrected chi connectivity index (χ4v) is 3.47. The summed E-state index contributed by atoms with van der Waals surface area (Å²) in [7, 11) is 1.99. The van der Waals surface area contributed by atoms with Crippen molar-refractivity contribution in [2.24, 2.45) is 13.0 Å². The van der Waals surface area contributed by atoms with Gasteiger partial charge in [-0.3, -0.25) is 9.48 Å². The summed E-state index contributed by atoms with van der Waals surface area (Å²) in [4.78, 5) is 11.6. The van der Waals surface area contributed by atoms with Gasteiger partial charge in [-0.15, -0.1) is 0 Å². The topological polar surface area (TPSA) is 34.9 Å². The molecule has 1 saturated carbocycles. The Kier molecular flexibility index (Phi) is 3.60. The van der Waals surface area contributed by atoms with E-state index in [9.17, 15) is 4.79 Å². The smallest absolute Gasteiger partial charge is 0.133 e. The van der Waals surface area contributed by atoms with Crippen LogP contribution in [-0.2, 0) is 23.7 Å². The average Bonchev–Trinajstić information content (AvgIpc) is 2.75. The van der Waals surface area contributed by atoms with Crippen molar-refractivity contribution in [2.45, 2.75) is 58.3 Å². The van der Waals surface area contributed by atoms with Gasteiger partial charge < -0.3 is 0 Å². The normalized spacial score (nSPS) is 30.0. The van der Waals surface area contributed by atoms with Crippen LogP contribution in [0.4, 0.5) is 0 Å². The lowest BCUT2D eigenvalue weighted by Crippen LogP contribution is -2.42. The summed E-state index contributed by atoms with van der Waals surface area (Å²) in [5, 5.41) is 4.64. The minimum atomic E-state index is 0.156. The Morgan fingerprint density at radius 2 is 2.11 bits per heavy atom. The first kappa shape index (κ1) is 13.3. The lowest BCUT2D eigenvalue weighted by atomic mass is 9.60. The van der Waals surface area contributed by atoms with Gasteiger partial charge >= 0.3 is 0 Å². The highest BCUT2D eigenvalue weighted by Gasteiger charge is 2.45. The molecular weight excluding hydrogens is 224 g/mol. The van der Waals surface area contributed by atoms with E-state index in [0.29, 0.717) is 11.7 Å². The van der Waals surface area contributed by atoms with Crippen LogP contribution in [0.25, 0.3) is 0 Å². The number of hydrogen-bond donors (Lipinski definition) is 0. The second-order valence-corrected chi connectivity index (χ2v) is 5.57. The summed E-state index contributed by atoms with van der Waals surface area (Å²) in [6, 6.07) is 0. The van der Waals surface area contributed by atoms with E-state index in [2.05, 4.69) is 18.2 Å². The maximum absolute atomic E-state index is 11.6. The minimum absolute atomic E-state index is 0.156. The van der Waals surface area contributed by atoms with Crippen molar-refractivity contribution in [3.05, 3.63) is 17.5 Å². The molecule has 18 heavy (non-hydrogen) atoms.